The number of hydrogen-bond acceptors (Lipinski definition) is 7. The molecule has 3 aliphatic rings. The van der Waals surface area contributed by atoms with Crippen molar-refractivity contribution >= 4 is 46.0 Å². The van der Waals surface area contributed by atoms with Gasteiger partial charge in [0.2, 0.25) is 5.91 Å². The zero-order valence-corrected chi connectivity index (χ0v) is 24.2. The number of carbonyl (C=O) groups is 1. The Hall–Kier alpha value is -2.99. The Balaban J connectivity index is 1.53. The van der Waals surface area contributed by atoms with E-state index in [0.717, 1.165) is 19.2 Å². The summed E-state index contributed by atoms with van der Waals surface area (Å²) in [7, 11) is 0. The Bertz CT molecular complexity index is 1600. The van der Waals surface area contributed by atoms with Crippen molar-refractivity contribution < 1.29 is 18.3 Å². The van der Waals surface area contributed by atoms with Crippen LogP contribution < -0.4 is 10.6 Å². The number of halogens is 3. The lowest BCUT2D eigenvalue weighted by Crippen LogP contribution is -2.54. The fourth-order valence-electron chi connectivity index (χ4n) is 6.04. The molecule has 4 heterocycles. The molecule has 2 saturated heterocycles. The highest BCUT2D eigenvalue weighted by molar-refractivity contribution is 7.99. The number of nitrogens with zero attached hydrogens (tertiary/aromatic N) is 5. The molecule has 12 heteroatoms. The molecule has 1 amide bonds. The number of thioether (sulfide) groups is 1. The highest BCUT2D eigenvalue weighted by Crippen LogP contribution is 2.48. The molecule has 0 N–H and O–H groups in total. The second-order valence-electron chi connectivity index (χ2n) is 10.6. The van der Waals surface area contributed by atoms with Gasteiger partial charge in [0.25, 0.3) is 0 Å². The van der Waals surface area contributed by atoms with Crippen LogP contribution in [-0.2, 0) is 9.53 Å². The van der Waals surface area contributed by atoms with Gasteiger partial charge in [-0.3, -0.25) is 14.3 Å². The van der Waals surface area contributed by atoms with Gasteiger partial charge < -0.3 is 14.5 Å². The molecule has 0 aliphatic carbocycles. The second kappa shape index (κ2) is 11.4. The van der Waals surface area contributed by atoms with E-state index in [-0.39, 0.29) is 23.6 Å². The first kappa shape index (κ1) is 28.1. The molecule has 3 aliphatic heterocycles. The van der Waals surface area contributed by atoms with Gasteiger partial charge in [0.15, 0.2) is 0 Å². The van der Waals surface area contributed by atoms with Crippen molar-refractivity contribution in [3.8, 4) is 11.1 Å². The maximum absolute atomic E-state index is 15.1. The molecule has 8 nitrogen and oxygen atoms in total. The van der Waals surface area contributed by atoms with E-state index in [0.29, 0.717) is 77.3 Å². The summed E-state index contributed by atoms with van der Waals surface area (Å²) in [6.45, 7) is 10.4. The van der Waals surface area contributed by atoms with Gasteiger partial charge in [0.1, 0.15) is 17.5 Å². The Morgan fingerprint density at radius 2 is 2.00 bits per heavy atom. The Morgan fingerprint density at radius 1 is 1.22 bits per heavy atom. The fraction of sp³-hybridized carbons (Fsp3) is 0.414. The summed E-state index contributed by atoms with van der Waals surface area (Å²) in [6, 6.07) is 4.87. The van der Waals surface area contributed by atoms with Crippen molar-refractivity contribution in [3.63, 3.8) is 0 Å². The Morgan fingerprint density at radius 3 is 2.71 bits per heavy atom. The fourth-order valence-corrected chi connectivity index (χ4v) is 7.72. The number of aromatic nitrogens is 2. The largest absolute Gasteiger partial charge is 0.379 e. The van der Waals surface area contributed by atoms with E-state index in [9.17, 15) is 14.0 Å². The monoisotopic (exact) mass is 601 g/mol. The van der Waals surface area contributed by atoms with Crippen molar-refractivity contribution in [2.45, 2.75) is 23.9 Å². The summed E-state index contributed by atoms with van der Waals surface area (Å²) in [5, 5.41) is 0.976. The molecule has 0 radical (unpaired) electrons. The van der Waals surface area contributed by atoms with Crippen molar-refractivity contribution in [1.82, 2.24) is 19.4 Å². The molecular formula is C29H30ClF2N5O3S. The first-order valence-corrected chi connectivity index (χ1v) is 15.0. The molecule has 1 aromatic heterocycles. The van der Waals surface area contributed by atoms with Crippen LogP contribution in [0.15, 0.2) is 46.6 Å². The second-order valence-corrected chi connectivity index (χ2v) is 12.0. The van der Waals surface area contributed by atoms with Crippen molar-refractivity contribution in [1.29, 1.82) is 0 Å². The average molecular weight is 602 g/mol. The topological polar surface area (TPSA) is 70.9 Å². The number of benzene rings is 2. The van der Waals surface area contributed by atoms with Gasteiger partial charge in [-0.1, -0.05) is 18.2 Å². The van der Waals surface area contributed by atoms with Gasteiger partial charge in [-0.25, -0.2) is 13.6 Å². The summed E-state index contributed by atoms with van der Waals surface area (Å²) in [5.74, 6) is -0.492. The molecule has 2 fully saturated rings. The van der Waals surface area contributed by atoms with Gasteiger partial charge in [-0.15, -0.1) is 11.8 Å². The lowest BCUT2D eigenvalue weighted by molar-refractivity contribution is -0.126. The highest BCUT2D eigenvalue weighted by Gasteiger charge is 2.34. The molecule has 41 heavy (non-hydrogen) atoms. The third-order valence-electron chi connectivity index (χ3n) is 8.04. The number of hydrogen-bond donors (Lipinski definition) is 0. The minimum atomic E-state index is -0.724. The van der Waals surface area contributed by atoms with Crippen molar-refractivity contribution in [2.75, 3.05) is 63.1 Å². The van der Waals surface area contributed by atoms with E-state index >= 15 is 4.39 Å². The summed E-state index contributed by atoms with van der Waals surface area (Å²) in [4.78, 5) is 37.4. The Kier molecular flexibility index (Phi) is 7.80. The number of carbonyl (C=O) groups excluding carboxylic acids is 1. The summed E-state index contributed by atoms with van der Waals surface area (Å²) >= 11 is 8.40. The molecule has 216 valence electrons. The summed E-state index contributed by atoms with van der Waals surface area (Å²) in [6.07, 6.45) is 1.30. The predicted octanol–water partition coefficient (Wildman–Crippen LogP) is 4.20. The maximum atomic E-state index is 15.1. The molecule has 0 bridgehead atoms. The smallest absolute Gasteiger partial charge is 0.350 e. The Labute approximate surface area is 245 Å². The van der Waals surface area contributed by atoms with Gasteiger partial charge in [-0.05, 0) is 31.2 Å². The van der Waals surface area contributed by atoms with Crippen LogP contribution in [0.4, 0.5) is 14.6 Å². The number of amides is 1. The molecular weight excluding hydrogens is 572 g/mol. The van der Waals surface area contributed by atoms with Crippen LogP contribution in [0.25, 0.3) is 22.0 Å². The lowest BCUT2D eigenvalue weighted by atomic mass is 10.0. The van der Waals surface area contributed by atoms with Crippen molar-refractivity contribution in [3.05, 3.63) is 64.1 Å². The van der Waals surface area contributed by atoms with E-state index in [1.807, 2.05) is 11.8 Å². The highest BCUT2D eigenvalue weighted by atomic mass is 35.5. The van der Waals surface area contributed by atoms with E-state index in [1.165, 1.54) is 30.0 Å². The summed E-state index contributed by atoms with van der Waals surface area (Å²) in [5.41, 5.74) is 0.868. The van der Waals surface area contributed by atoms with Crippen LogP contribution in [0.5, 0.6) is 0 Å². The number of anilines is 1. The van der Waals surface area contributed by atoms with Crippen LogP contribution in [0, 0.1) is 11.6 Å². The summed E-state index contributed by atoms with van der Waals surface area (Å²) < 4.78 is 36.2. The molecule has 0 saturated carbocycles. The van der Waals surface area contributed by atoms with Crippen molar-refractivity contribution in [2.24, 2.45) is 0 Å². The maximum Gasteiger partial charge on any atom is 0.350 e. The standard InChI is InChI=1S/C29H30ClF2N5O3S/c1-3-24(38)35-6-7-36(17(2)14-35)28-21-13-22(30)25(20-5-4-18(31)12-23(20)32)27-26(21)37(29(39)33-28)19(16-41-27)15-34-8-10-40-11-9-34/h3-5,12-13,17,19H,1,6-11,14-16H2,2H3/t17-,19?/m0/s1. The molecule has 2 atom stereocenters. The quantitative estimate of drug-likeness (QED) is 0.406. The van der Waals surface area contributed by atoms with Gasteiger partial charge in [-0.2, -0.15) is 4.98 Å². The molecule has 0 spiro atoms. The van der Waals surface area contributed by atoms with Crippen LogP contribution in [-0.4, -0.2) is 89.5 Å². The normalized spacial score (nSPS) is 21.4. The third kappa shape index (κ3) is 5.13. The van der Waals surface area contributed by atoms with Crippen LogP contribution in [0.2, 0.25) is 5.02 Å². The van der Waals surface area contributed by atoms with Gasteiger partial charge >= 0.3 is 5.69 Å². The first-order valence-electron chi connectivity index (χ1n) is 13.6. The number of morpholine rings is 1. The minimum Gasteiger partial charge on any atom is -0.379 e. The number of piperazine rings is 1. The SMILES string of the molecule is C=CC(=O)N1CCN(c2nc(=O)n3c4c(c(-c5ccc(F)cc5F)c(Cl)cc24)SCC3CN2CCOCC2)[C@@H](C)C1. The zero-order chi connectivity index (χ0) is 28.8. The van der Waals surface area contributed by atoms with Gasteiger partial charge in [0, 0.05) is 78.5 Å². The van der Waals surface area contributed by atoms with Crippen LogP contribution in [0.1, 0.15) is 13.0 Å². The third-order valence-corrected chi connectivity index (χ3v) is 9.58. The molecule has 1 unspecified atom stereocenters. The van der Waals surface area contributed by atoms with E-state index in [2.05, 4.69) is 16.5 Å². The molecule has 2 aromatic carbocycles. The number of rotatable bonds is 5. The molecule has 3 aromatic rings. The first-order chi connectivity index (χ1) is 19.8. The molecule has 6 rings (SSSR count). The van der Waals surface area contributed by atoms with Crippen LogP contribution in [0.3, 0.4) is 0 Å². The number of ether oxygens (including phenoxy) is 1. The predicted molar refractivity (Wildman–Crippen MR) is 157 cm³/mol. The van der Waals surface area contributed by atoms with Gasteiger partial charge in [0.05, 0.1) is 29.8 Å². The van der Waals surface area contributed by atoms with E-state index < -0.39 is 17.3 Å². The van der Waals surface area contributed by atoms with E-state index in [4.69, 9.17) is 16.3 Å². The van der Waals surface area contributed by atoms with E-state index in [1.54, 1.807) is 15.5 Å². The zero-order valence-electron chi connectivity index (χ0n) is 22.6. The minimum absolute atomic E-state index is 0.130. The lowest BCUT2D eigenvalue weighted by Gasteiger charge is -2.41. The van der Waals surface area contributed by atoms with Crippen LogP contribution >= 0.6 is 23.4 Å². The average Bonchev–Trinajstić information content (AvgIpc) is 2.96.